The summed E-state index contributed by atoms with van der Waals surface area (Å²) in [4.78, 5) is 12.4. The van der Waals surface area contributed by atoms with Gasteiger partial charge in [0, 0.05) is 23.2 Å². The van der Waals surface area contributed by atoms with E-state index in [1.165, 1.54) is 11.8 Å². The van der Waals surface area contributed by atoms with Crippen LogP contribution in [-0.4, -0.2) is 37.7 Å². The van der Waals surface area contributed by atoms with Gasteiger partial charge in [0.25, 0.3) is 5.91 Å². The summed E-state index contributed by atoms with van der Waals surface area (Å²) in [6.45, 7) is 15.1. The van der Waals surface area contributed by atoms with Gasteiger partial charge in [0.05, 0.1) is 12.0 Å². The molecule has 0 bridgehead atoms. The van der Waals surface area contributed by atoms with Crippen LogP contribution in [0.4, 0.5) is 0 Å². The summed E-state index contributed by atoms with van der Waals surface area (Å²) in [7, 11) is 0. The van der Waals surface area contributed by atoms with Gasteiger partial charge in [-0.1, -0.05) is 83.6 Å². The van der Waals surface area contributed by atoms with Crippen molar-refractivity contribution in [2.45, 2.75) is 71.0 Å². The van der Waals surface area contributed by atoms with E-state index in [1.54, 1.807) is 6.21 Å². The number of thioether (sulfide) groups is 1. The van der Waals surface area contributed by atoms with E-state index in [2.05, 4.69) is 62.3 Å². The molecule has 0 radical (unpaired) electrons. The molecule has 2 N–H and O–H groups in total. The van der Waals surface area contributed by atoms with Crippen LogP contribution in [0, 0.1) is 0 Å². The van der Waals surface area contributed by atoms with Crippen molar-refractivity contribution in [1.82, 2.24) is 20.2 Å². The van der Waals surface area contributed by atoms with Crippen LogP contribution < -0.4 is 5.43 Å². The minimum Gasteiger partial charge on any atom is -0.507 e. The minimum atomic E-state index is -0.234. The topological polar surface area (TPSA) is 92.4 Å². The second kappa shape index (κ2) is 10.6. The fraction of sp³-hybridized carbons (Fsp3) is 0.407. The minimum absolute atomic E-state index is 0.167. The first-order valence-corrected chi connectivity index (χ1v) is 12.7. The Bertz CT molecular complexity index is 1170. The van der Waals surface area contributed by atoms with E-state index in [4.69, 9.17) is 0 Å². The first-order valence-electron chi connectivity index (χ1n) is 11.7. The number of nitrogens with one attached hydrogen (secondary N) is 1. The Morgan fingerprint density at radius 2 is 1.66 bits per heavy atom. The van der Waals surface area contributed by atoms with Gasteiger partial charge in [-0.25, -0.2) is 5.43 Å². The number of aromatic nitrogens is 3. The first-order chi connectivity index (χ1) is 16.4. The van der Waals surface area contributed by atoms with E-state index in [0.29, 0.717) is 17.5 Å². The predicted molar refractivity (Wildman–Crippen MR) is 143 cm³/mol. The smallest absolute Gasteiger partial charge is 0.250 e. The largest absolute Gasteiger partial charge is 0.507 e. The van der Waals surface area contributed by atoms with Gasteiger partial charge in [-0.15, -0.1) is 10.2 Å². The van der Waals surface area contributed by atoms with Crippen LogP contribution in [0.2, 0.25) is 0 Å². The Morgan fingerprint density at radius 1 is 1.06 bits per heavy atom. The maximum absolute atomic E-state index is 12.4. The number of carbonyl (C=O) groups is 1. The third kappa shape index (κ3) is 6.51. The zero-order valence-electron chi connectivity index (χ0n) is 21.6. The molecule has 0 unspecified atom stereocenters. The lowest BCUT2D eigenvalue weighted by Crippen LogP contribution is -2.20. The number of benzene rings is 2. The highest BCUT2D eigenvalue weighted by molar-refractivity contribution is 7.99. The van der Waals surface area contributed by atoms with Crippen LogP contribution >= 0.6 is 11.8 Å². The van der Waals surface area contributed by atoms with Gasteiger partial charge >= 0.3 is 0 Å². The summed E-state index contributed by atoms with van der Waals surface area (Å²) in [6, 6.07) is 13.7. The molecule has 1 amide bonds. The average molecular weight is 494 g/mol. The molecule has 0 spiro atoms. The van der Waals surface area contributed by atoms with Crippen LogP contribution in [0.5, 0.6) is 5.75 Å². The van der Waals surface area contributed by atoms with Crippen molar-refractivity contribution in [2.75, 3.05) is 5.75 Å². The third-order valence-corrected chi connectivity index (χ3v) is 6.52. The molecule has 1 heterocycles. The molecule has 0 saturated heterocycles. The molecule has 3 aromatic rings. The summed E-state index contributed by atoms with van der Waals surface area (Å²) in [5.41, 5.74) is 5.64. The molecule has 186 valence electrons. The second-order valence-corrected chi connectivity index (χ2v) is 11.4. The second-order valence-electron chi connectivity index (χ2n) is 10.5. The van der Waals surface area contributed by atoms with Crippen molar-refractivity contribution in [2.24, 2.45) is 5.10 Å². The number of hydrogen-bond donors (Lipinski definition) is 2. The SMILES string of the molecule is CCn1c(SCC(=O)N/N=C/c2cc(C(C)(C)C)c(O)c(C(C)(C)C)c2)nnc1-c1ccccc1. The number of carbonyl (C=O) groups excluding carboxylic acids is 1. The molecule has 0 atom stereocenters. The van der Waals surface area contributed by atoms with Gasteiger partial charge in [-0.05, 0) is 35.4 Å². The molecular weight excluding hydrogens is 458 g/mol. The van der Waals surface area contributed by atoms with Crippen LogP contribution in [0.1, 0.15) is 65.2 Å². The summed E-state index contributed by atoms with van der Waals surface area (Å²) < 4.78 is 2.00. The first kappa shape index (κ1) is 26.5. The van der Waals surface area contributed by atoms with E-state index >= 15 is 0 Å². The Kier molecular flexibility index (Phi) is 8.05. The highest BCUT2D eigenvalue weighted by Crippen LogP contribution is 2.39. The Hall–Kier alpha value is -3.13. The number of amides is 1. The number of nitrogens with zero attached hydrogens (tertiary/aromatic N) is 4. The average Bonchev–Trinajstić information content (AvgIpc) is 3.20. The van der Waals surface area contributed by atoms with Gasteiger partial charge in [0.2, 0.25) is 0 Å². The number of rotatable bonds is 7. The summed E-state index contributed by atoms with van der Waals surface area (Å²) in [5, 5.41) is 24.3. The highest BCUT2D eigenvalue weighted by atomic mass is 32.2. The zero-order chi connectivity index (χ0) is 25.8. The van der Waals surface area contributed by atoms with Crippen LogP contribution in [-0.2, 0) is 22.2 Å². The summed E-state index contributed by atoms with van der Waals surface area (Å²) in [6.07, 6.45) is 1.62. The summed E-state index contributed by atoms with van der Waals surface area (Å²) >= 11 is 1.33. The maximum Gasteiger partial charge on any atom is 0.250 e. The molecule has 1 aromatic heterocycles. The molecule has 7 nitrogen and oxygen atoms in total. The van der Waals surface area contributed by atoms with Gasteiger partial charge in [-0.2, -0.15) is 5.10 Å². The Balaban J connectivity index is 1.69. The zero-order valence-corrected chi connectivity index (χ0v) is 22.4. The third-order valence-electron chi connectivity index (χ3n) is 5.55. The Morgan fingerprint density at radius 3 is 2.20 bits per heavy atom. The van der Waals surface area contributed by atoms with Gasteiger partial charge in [-0.3, -0.25) is 4.79 Å². The normalized spacial score (nSPS) is 12.3. The number of hydrazone groups is 1. The van der Waals surface area contributed by atoms with Crippen molar-refractivity contribution in [1.29, 1.82) is 0 Å². The van der Waals surface area contributed by atoms with E-state index < -0.39 is 0 Å². The van der Waals surface area contributed by atoms with Crippen LogP contribution in [0.25, 0.3) is 11.4 Å². The number of phenolic OH excluding ortho intramolecular Hbond substituents is 1. The van der Waals surface area contributed by atoms with Gasteiger partial charge < -0.3 is 9.67 Å². The van der Waals surface area contributed by atoms with Crippen molar-refractivity contribution in [3.8, 4) is 17.1 Å². The molecule has 0 aliphatic carbocycles. The molecule has 0 aliphatic heterocycles. The lowest BCUT2D eigenvalue weighted by molar-refractivity contribution is -0.118. The fourth-order valence-electron chi connectivity index (χ4n) is 3.70. The van der Waals surface area contributed by atoms with E-state index in [1.807, 2.05) is 54.0 Å². The molecular formula is C27H35N5O2S. The summed E-state index contributed by atoms with van der Waals surface area (Å²) in [5.74, 6) is 1.03. The van der Waals surface area contributed by atoms with Crippen molar-refractivity contribution in [3.05, 3.63) is 59.2 Å². The number of hydrogen-bond acceptors (Lipinski definition) is 6. The van der Waals surface area contributed by atoms with Gasteiger partial charge in [0.1, 0.15) is 5.75 Å². The van der Waals surface area contributed by atoms with Crippen molar-refractivity contribution < 1.29 is 9.90 Å². The van der Waals surface area contributed by atoms with Crippen molar-refractivity contribution in [3.63, 3.8) is 0 Å². The molecule has 8 heteroatoms. The van der Waals surface area contributed by atoms with Crippen molar-refractivity contribution >= 4 is 23.9 Å². The Labute approximate surface area is 212 Å². The molecule has 2 aromatic carbocycles. The molecule has 0 aliphatic rings. The molecule has 0 fully saturated rings. The number of aromatic hydroxyl groups is 1. The van der Waals surface area contributed by atoms with E-state index in [-0.39, 0.29) is 22.5 Å². The molecule has 3 rings (SSSR count). The monoisotopic (exact) mass is 493 g/mol. The lowest BCUT2D eigenvalue weighted by Gasteiger charge is -2.27. The standard InChI is InChI=1S/C27H35N5O2S/c1-8-32-24(19-12-10-9-11-13-19)30-31-25(32)35-17-22(33)29-28-16-18-14-20(26(2,3)4)23(34)21(15-18)27(5,6)7/h9-16,34H,8,17H2,1-7H3,(H,29,33)/b28-16+. The van der Waals surface area contributed by atoms with Crippen LogP contribution in [0.3, 0.4) is 0 Å². The van der Waals surface area contributed by atoms with E-state index in [0.717, 1.165) is 28.1 Å². The number of phenols is 1. The maximum atomic E-state index is 12.4. The fourth-order valence-corrected chi connectivity index (χ4v) is 4.49. The quantitative estimate of drug-likeness (QED) is 0.257. The van der Waals surface area contributed by atoms with Crippen LogP contribution in [0.15, 0.2) is 52.7 Å². The highest BCUT2D eigenvalue weighted by Gasteiger charge is 2.26. The van der Waals surface area contributed by atoms with E-state index in [9.17, 15) is 9.90 Å². The van der Waals surface area contributed by atoms with Gasteiger partial charge in [0.15, 0.2) is 11.0 Å². The molecule has 35 heavy (non-hydrogen) atoms. The lowest BCUT2D eigenvalue weighted by atomic mass is 9.78. The molecule has 0 saturated carbocycles. The predicted octanol–water partition coefficient (Wildman–Crippen LogP) is 5.51.